The summed E-state index contributed by atoms with van der Waals surface area (Å²) >= 11 is 0. The summed E-state index contributed by atoms with van der Waals surface area (Å²) in [5.74, 6) is -0.939. The van der Waals surface area contributed by atoms with Crippen LogP contribution in [0.25, 0.3) is 0 Å². The van der Waals surface area contributed by atoms with Crippen LogP contribution in [0.3, 0.4) is 0 Å². The minimum Gasteiger partial charge on any atom is -0.462 e. The highest BCUT2D eigenvalue weighted by Gasteiger charge is 2.19. The zero-order chi connectivity index (χ0) is 54.3. The SMILES string of the molecule is CC/C=C\C/C=C\C/C=C\C/C=C\CCCCCCCCC(=O)OCC(COC(=O)CCCCCCCC/C=C\C/C=C\C/C=C\CCCCC)OC(=O)CCCCCCCC/C=C\C/C=C\C/C=C\C/C=C\CC. The Morgan fingerprint density at radius 2 is 0.520 bits per heavy atom. The Balaban J connectivity index is 4.49. The predicted octanol–water partition coefficient (Wildman–Crippen LogP) is 21.0. The molecule has 0 saturated heterocycles. The zero-order valence-electron chi connectivity index (χ0n) is 48.5. The Morgan fingerprint density at radius 1 is 0.280 bits per heavy atom. The van der Waals surface area contributed by atoms with Crippen molar-refractivity contribution < 1.29 is 28.6 Å². The molecule has 0 aromatic heterocycles. The number of hydrogen-bond donors (Lipinski definition) is 0. The van der Waals surface area contributed by atoms with Crippen molar-refractivity contribution in [3.8, 4) is 0 Å². The van der Waals surface area contributed by atoms with E-state index in [2.05, 4.69) is 154 Å². The van der Waals surface area contributed by atoms with Crippen LogP contribution >= 0.6 is 0 Å². The Kier molecular flexibility index (Phi) is 58.4. The molecule has 0 saturated carbocycles. The van der Waals surface area contributed by atoms with Gasteiger partial charge in [0.15, 0.2) is 6.10 Å². The zero-order valence-corrected chi connectivity index (χ0v) is 48.5. The van der Waals surface area contributed by atoms with E-state index in [1.165, 1.54) is 64.2 Å². The second kappa shape index (κ2) is 62.1. The summed E-state index contributed by atoms with van der Waals surface area (Å²) in [5.41, 5.74) is 0. The van der Waals surface area contributed by atoms with Crippen molar-refractivity contribution in [3.63, 3.8) is 0 Å². The number of allylic oxidation sites excluding steroid dienone is 22. The Morgan fingerprint density at radius 3 is 0.813 bits per heavy atom. The third-order valence-corrected chi connectivity index (χ3v) is 12.6. The molecular weight excluding hydrogens is 925 g/mol. The van der Waals surface area contributed by atoms with Gasteiger partial charge in [-0.25, -0.2) is 0 Å². The first-order valence-electron chi connectivity index (χ1n) is 30.7. The lowest BCUT2D eigenvalue weighted by molar-refractivity contribution is -0.167. The van der Waals surface area contributed by atoms with Gasteiger partial charge in [-0.05, 0) is 135 Å². The summed E-state index contributed by atoms with van der Waals surface area (Å²) in [6, 6.07) is 0. The molecule has 0 rings (SSSR count). The van der Waals surface area contributed by atoms with Gasteiger partial charge in [-0.15, -0.1) is 0 Å². The molecule has 75 heavy (non-hydrogen) atoms. The molecule has 0 fully saturated rings. The number of ether oxygens (including phenoxy) is 3. The van der Waals surface area contributed by atoms with Crippen molar-refractivity contribution in [2.24, 2.45) is 0 Å². The molecule has 0 heterocycles. The van der Waals surface area contributed by atoms with Crippen molar-refractivity contribution >= 4 is 17.9 Å². The molecule has 0 aliphatic heterocycles. The normalized spacial score (nSPS) is 13.1. The highest BCUT2D eigenvalue weighted by Crippen LogP contribution is 2.14. The molecule has 6 heteroatoms. The number of unbranched alkanes of at least 4 members (excludes halogenated alkanes) is 21. The summed E-state index contributed by atoms with van der Waals surface area (Å²) < 4.78 is 16.9. The van der Waals surface area contributed by atoms with Crippen molar-refractivity contribution in [3.05, 3.63) is 134 Å². The fourth-order valence-electron chi connectivity index (χ4n) is 8.08. The van der Waals surface area contributed by atoms with E-state index in [1.807, 2.05) is 0 Å². The van der Waals surface area contributed by atoms with Gasteiger partial charge < -0.3 is 14.2 Å². The molecule has 1 unspecified atom stereocenters. The largest absolute Gasteiger partial charge is 0.462 e. The van der Waals surface area contributed by atoms with Gasteiger partial charge in [-0.2, -0.15) is 0 Å². The highest BCUT2D eigenvalue weighted by atomic mass is 16.6. The Labute approximate surface area is 462 Å². The smallest absolute Gasteiger partial charge is 0.306 e. The fraction of sp³-hybridized carbons (Fsp3) is 0.638. The van der Waals surface area contributed by atoms with Crippen molar-refractivity contribution in [1.82, 2.24) is 0 Å². The molecule has 6 nitrogen and oxygen atoms in total. The second-order valence-corrected chi connectivity index (χ2v) is 19.8. The first-order valence-corrected chi connectivity index (χ1v) is 30.7. The van der Waals surface area contributed by atoms with E-state index in [0.717, 1.165) is 161 Å². The molecule has 0 bridgehead atoms. The van der Waals surface area contributed by atoms with Gasteiger partial charge in [0.2, 0.25) is 0 Å². The fourth-order valence-corrected chi connectivity index (χ4v) is 8.08. The van der Waals surface area contributed by atoms with Crippen LogP contribution in [0.1, 0.15) is 265 Å². The highest BCUT2D eigenvalue weighted by molar-refractivity contribution is 5.71. The van der Waals surface area contributed by atoms with Gasteiger partial charge in [0.05, 0.1) is 0 Å². The third kappa shape index (κ3) is 60.3. The molecule has 424 valence electrons. The minimum atomic E-state index is -0.804. The van der Waals surface area contributed by atoms with Crippen LogP contribution < -0.4 is 0 Å². The molecule has 1 atom stereocenters. The molecule has 0 amide bonds. The number of rotatable bonds is 54. The van der Waals surface area contributed by atoms with E-state index in [4.69, 9.17) is 14.2 Å². The molecular formula is C69H112O6. The lowest BCUT2D eigenvalue weighted by atomic mass is 10.1. The van der Waals surface area contributed by atoms with E-state index in [0.29, 0.717) is 19.3 Å². The van der Waals surface area contributed by atoms with Crippen LogP contribution in [-0.4, -0.2) is 37.2 Å². The lowest BCUT2D eigenvalue weighted by Crippen LogP contribution is -2.30. The average Bonchev–Trinajstić information content (AvgIpc) is 3.41. The van der Waals surface area contributed by atoms with Crippen molar-refractivity contribution in [2.45, 2.75) is 271 Å². The molecule has 0 aromatic carbocycles. The topological polar surface area (TPSA) is 78.9 Å². The van der Waals surface area contributed by atoms with Crippen LogP contribution in [-0.2, 0) is 28.6 Å². The summed E-state index contributed by atoms with van der Waals surface area (Å²) in [6.07, 6.45) is 87.2. The molecule has 0 spiro atoms. The molecule has 0 radical (unpaired) electrons. The predicted molar refractivity (Wildman–Crippen MR) is 325 cm³/mol. The van der Waals surface area contributed by atoms with Crippen LogP contribution in [0.2, 0.25) is 0 Å². The first kappa shape index (κ1) is 70.5. The summed E-state index contributed by atoms with van der Waals surface area (Å²) in [6.45, 7) is 6.36. The van der Waals surface area contributed by atoms with Crippen molar-refractivity contribution in [2.75, 3.05) is 13.2 Å². The standard InChI is InChI=1S/C69H112O6/c1-4-7-10-13-16-19-22-25-28-31-34-37-40-43-46-49-52-55-58-61-67(70)73-64-66(75-69(72)63-60-57-54-51-48-45-42-39-36-33-30-27-24-21-18-15-12-9-6-3)65-74-68(71)62-59-56-53-50-47-44-41-38-35-32-29-26-23-20-17-14-11-8-5-2/h7,9-10,12,16-21,25-30,34-39,66H,4-6,8,11,13-15,22-24,31-33,40-65H2,1-3H3/b10-7-,12-9-,19-16-,20-17-,21-18-,28-25-,29-26-,30-27-,37-34-,38-35-,39-36-. The maximum Gasteiger partial charge on any atom is 0.306 e. The van der Waals surface area contributed by atoms with Crippen LogP contribution in [0.15, 0.2) is 134 Å². The third-order valence-electron chi connectivity index (χ3n) is 12.6. The van der Waals surface area contributed by atoms with Crippen LogP contribution in [0.4, 0.5) is 0 Å². The second-order valence-electron chi connectivity index (χ2n) is 19.8. The number of hydrogen-bond acceptors (Lipinski definition) is 6. The quantitative estimate of drug-likeness (QED) is 0.0261. The monoisotopic (exact) mass is 1040 g/mol. The summed E-state index contributed by atoms with van der Waals surface area (Å²) in [5, 5.41) is 0. The Hall–Kier alpha value is -4.45. The van der Waals surface area contributed by atoms with E-state index in [-0.39, 0.29) is 31.1 Å². The molecule has 0 aliphatic rings. The Bertz CT molecular complexity index is 1620. The van der Waals surface area contributed by atoms with Gasteiger partial charge in [-0.3, -0.25) is 14.4 Å². The first-order chi connectivity index (χ1) is 37.0. The number of esters is 3. The molecule has 0 aromatic rings. The van der Waals surface area contributed by atoms with E-state index >= 15 is 0 Å². The van der Waals surface area contributed by atoms with E-state index in [1.54, 1.807) is 0 Å². The number of carbonyl (C=O) groups is 3. The van der Waals surface area contributed by atoms with E-state index in [9.17, 15) is 14.4 Å². The minimum absolute atomic E-state index is 0.0997. The summed E-state index contributed by atoms with van der Waals surface area (Å²) in [7, 11) is 0. The van der Waals surface area contributed by atoms with Gasteiger partial charge in [0.25, 0.3) is 0 Å². The lowest BCUT2D eigenvalue weighted by Gasteiger charge is -2.18. The molecule has 0 N–H and O–H groups in total. The molecule has 0 aliphatic carbocycles. The van der Waals surface area contributed by atoms with Crippen LogP contribution in [0, 0.1) is 0 Å². The average molecular weight is 1040 g/mol. The van der Waals surface area contributed by atoms with Gasteiger partial charge in [-0.1, -0.05) is 244 Å². The maximum atomic E-state index is 12.9. The maximum absolute atomic E-state index is 12.9. The number of carbonyl (C=O) groups excluding carboxylic acids is 3. The van der Waals surface area contributed by atoms with E-state index < -0.39 is 6.10 Å². The van der Waals surface area contributed by atoms with Gasteiger partial charge in [0, 0.05) is 19.3 Å². The van der Waals surface area contributed by atoms with Crippen molar-refractivity contribution in [1.29, 1.82) is 0 Å². The van der Waals surface area contributed by atoms with Gasteiger partial charge >= 0.3 is 17.9 Å². The van der Waals surface area contributed by atoms with Crippen LogP contribution in [0.5, 0.6) is 0 Å². The summed E-state index contributed by atoms with van der Waals surface area (Å²) in [4.78, 5) is 38.3. The van der Waals surface area contributed by atoms with Gasteiger partial charge in [0.1, 0.15) is 13.2 Å².